The zero-order chi connectivity index (χ0) is 14.9. The van der Waals surface area contributed by atoms with Crippen molar-refractivity contribution in [3.8, 4) is 17.0 Å². The molecule has 0 amide bonds. The third-order valence-electron chi connectivity index (χ3n) is 3.76. The van der Waals surface area contributed by atoms with Gasteiger partial charge in [-0.3, -0.25) is 0 Å². The van der Waals surface area contributed by atoms with Gasteiger partial charge in [0.25, 0.3) is 0 Å². The van der Waals surface area contributed by atoms with E-state index in [-0.39, 0.29) is 0 Å². The lowest BCUT2D eigenvalue weighted by molar-refractivity contribution is 0.416. The summed E-state index contributed by atoms with van der Waals surface area (Å²) in [7, 11) is -1.83. The first-order chi connectivity index (χ1) is 10.1. The number of nitrogens with one attached hydrogen (secondary N) is 1. The maximum atomic E-state index is 12.6. The molecular weight excluding hydrogens is 288 g/mol. The van der Waals surface area contributed by atoms with E-state index < -0.39 is 10.0 Å². The molecule has 1 aliphatic rings. The maximum Gasteiger partial charge on any atom is 0.243 e. The van der Waals surface area contributed by atoms with E-state index in [1.165, 1.54) is 0 Å². The third-order valence-corrected chi connectivity index (χ3v) is 5.66. The molecule has 1 saturated heterocycles. The van der Waals surface area contributed by atoms with Gasteiger partial charge in [0.05, 0.1) is 12.0 Å². The minimum absolute atomic E-state index is 0.315. The molecule has 21 heavy (non-hydrogen) atoms. The fourth-order valence-electron chi connectivity index (χ4n) is 2.63. The first kappa shape index (κ1) is 14.2. The highest BCUT2D eigenvalue weighted by Crippen LogP contribution is 2.32. The number of methoxy groups -OCH3 is 1. The lowest BCUT2D eigenvalue weighted by Gasteiger charge is -2.17. The van der Waals surface area contributed by atoms with Crippen LogP contribution >= 0.6 is 0 Å². The normalized spacial score (nSPS) is 16.2. The predicted molar refractivity (Wildman–Crippen MR) is 80.8 cm³/mol. The minimum Gasteiger partial charge on any atom is -0.496 e. The molecule has 1 N–H and O–H groups in total. The maximum absolute atomic E-state index is 12.6. The topological polar surface area (TPSA) is 62.4 Å². The number of aromatic amines is 1. The lowest BCUT2D eigenvalue weighted by atomic mass is 10.1. The second-order valence-electron chi connectivity index (χ2n) is 5.06. The molecule has 2 heterocycles. The van der Waals surface area contributed by atoms with E-state index in [2.05, 4.69) is 4.98 Å². The standard InChI is InChI=1S/C15H18N2O3S/c1-20-15-7-6-12(11-13(15)14-5-4-8-16-14)21(18,19)17-9-2-3-10-17/h4-8,11,16H,2-3,9-10H2,1H3. The van der Waals surface area contributed by atoms with Gasteiger partial charge in [-0.15, -0.1) is 0 Å². The summed E-state index contributed by atoms with van der Waals surface area (Å²) < 4.78 is 32.1. The average molecular weight is 306 g/mol. The molecule has 5 nitrogen and oxygen atoms in total. The first-order valence-electron chi connectivity index (χ1n) is 6.95. The number of H-pyrrole nitrogens is 1. The van der Waals surface area contributed by atoms with Crippen molar-refractivity contribution in [3.05, 3.63) is 36.5 Å². The Morgan fingerprint density at radius 3 is 2.57 bits per heavy atom. The van der Waals surface area contributed by atoms with Gasteiger partial charge in [-0.05, 0) is 43.2 Å². The molecule has 0 spiro atoms. The second kappa shape index (κ2) is 5.54. The quantitative estimate of drug-likeness (QED) is 0.944. The van der Waals surface area contributed by atoms with Gasteiger partial charge in [0.1, 0.15) is 5.75 Å². The van der Waals surface area contributed by atoms with Crippen molar-refractivity contribution in [1.29, 1.82) is 0 Å². The monoisotopic (exact) mass is 306 g/mol. The Hall–Kier alpha value is -1.79. The van der Waals surface area contributed by atoms with Gasteiger partial charge in [-0.25, -0.2) is 8.42 Å². The lowest BCUT2D eigenvalue weighted by Crippen LogP contribution is -2.27. The number of rotatable bonds is 4. The summed E-state index contributed by atoms with van der Waals surface area (Å²) in [5, 5.41) is 0. The van der Waals surface area contributed by atoms with Crippen molar-refractivity contribution >= 4 is 10.0 Å². The van der Waals surface area contributed by atoms with Gasteiger partial charge >= 0.3 is 0 Å². The highest BCUT2D eigenvalue weighted by molar-refractivity contribution is 7.89. The highest BCUT2D eigenvalue weighted by atomic mass is 32.2. The molecule has 0 bridgehead atoms. The van der Waals surface area contributed by atoms with E-state index in [1.807, 2.05) is 12.1 Å². The van der Waals surface area contributed by atoms with Crippen LogP contribution in [0.5, 0.6) is 5.75 Å². The smallest absolute Gasteiger partial charge is 0.243 e. The number of benzene rings is 1. The number of ether oxygens (including phenoxy) is 1. The van der Waals surface area contributed by atoms with Crippen molar-refractivity contribution in [3.63, 3.8) is 0 Å². The number of aromatic nitrogens is 1. The summed E-state index contributed by atoms with van der Waals surface area (Å²) in [4.78, 5) is 3.40. The van der Waals surface area contributed by atoms with Crippen LogP contribution in [0.2, 0.25) is 0 Å². The predicted octanol–water partition coefficient (Wildman–Crippen LogP) is 2.47. The molecule has 112 valence electrons. The second-order valence-corrected chi connectivity index (χ2v) is 7.00. The molecule has 0 radical (unpaired) electrons. The zero-order valence-electron chi connectivity index (χ0n) is 11.9. The van der Waals surface area contributed by atoms with E-state index in [4.69, 9.17) is 4.74 Å². The van der Waals surface area contributed by atoms with Crippen molar-refractivity contribution < 1.29 is 13.2 Å². The Labute approximate surface area is 124 Å². The van der Waals surface area contributed by atoms with Crippen LogP contribution < -0.4 is 4.74 Å². The molecule has 0 unspecified atom stereocenters. The van der Waals surface area contributed by atoms with E-state index in [0.717, 1.165) is 24.1 Å². The molecule has 2 aromatic rings. The molecule has 1 aromatic carbocycles. The van der Waals surface area contributed by atoms with Gasteiger partial charge in [0.2, 0.25) is 10.0 Å². The minimum atomic E-state index is -3.41. The van der Waals surface area contributed by atoms with Crippen LogP contribution in [0.4, 0.5) is 0 Å². The Balaban J connectivity index is 2.06. The van der Waals surface area contributed by atoms with E-state index in [0.29, 0.717) is 23.7 Å². The molecular formula is C15H18N2O3S. The first-order valence-corrected chi connectivity index (χ1v) is 8.39. The molecule has 3 rings (SSSR count). The number of nitrogens with zero attached hydrogens (tertiary/aromatic N) is 1. The van der Waals surface area contributed by atoms with Crippen LogP contribution in [0.3, 0.4) is 0 Å². The fourth-order valence-corrected chi connectivity index (χ4v) is 4.18. The van der Waals surface area contributed by atoms with Crippen LogP contribution in [0, 0.1) is 0 Å². The van der Waals surface area contributed by atoms with Crippen LogP contribution in [-0.4, -0.2) is 37.9 Å². The summed E-state index contributed by atoms with van der Waals surface area (Å²) in [6.45, 7) is 1.21. The Kier molecular flexibility index (Phi) is 3.73. The molecule has 0 atom stereocenters. The molecule has 6 heteroatoms. The van der Waals surface area contributed by atoms with Crippen molar-refractivity contribution in [2.24, 2.45) is 0 Å². The van der Waals surface area contributed by atoms with Gasteiger partial charge in [-0.1, -0.05) is 0 Å². The van der Waals surface area contributed by atoms with Crippen LogP contribution in [0.1, 0.15) is 12.8 Å². The van der Waals surface area contributed by atoms with E-state index >= 15 is 0 Å². The van der Waals surface area contributed by atoms with Gasteiger partial charge in [0.15, 0.2) is 0 Å². The average Bonchev–Trinajstić information content (AvgIpc) is 3.19. The Morgan fingerprint density at radius 2 is 1.95 bits per heavy atom. The number of hydrogen-bond acceptors (Lipinski definition) is 3. The number of sulfonamides is 1. The highest BCUT2D eigenvalue weighted by Gasteiger charge is 2.28. The molecule has 1 fully saturated rings. The summed E-state index contributed by atoms with van der Waals surface area (Å²) in [6.07, 6.45) is 3.66. The van der Waals surface area contributed by atoms with E-state index in [9.17, 15) is 8.42 Å². The fraction of sp³-hybridized carbons (Fsp3) is 0.333. The zero-order valence-corrected chi connectivity index (χ0v) is 12.7. The molecule has 0 saturated carbocycles. The molecule has 1 aliphatic heterocycles. The molecule has 0 aliphatic carbocycles. The van der Waals surface area contributed by atoms with E-state index in [1.54, 1.807) is 35.8 Å². The summed E-state index contributed by atoms with van der Waals surface area (Å²) in [5.74, 6) is 0.651. The van der Waals surface area contributed by atoms with Crippen LogP contribution in [0.15, 0.2) is 41.4 Å². The van der Waals surface area contributed by atoms with Crippen molar-refractivity contribution in [2.75, 3.05) is 20.2 Å². The third kappa shape index (κ3) is 2.56. The van der Waals surface area contributed by atoms with Gasteiger partial charge in [-0.2, -0.15) is 4.31 Å². The molecule has 1 aromatic heterocycles. The largest absolute Gasteiger partial charge is 0.496 e. The SMILES string of the molecule is COc1ccc(S(=O)(=O)N2CCCC2)cc1-c1ccc[nH]1. The summed E-state index contributed by atoms with van der Waals surface area (Å²) >= 11 is 0. The Bertz CT molecular complexity index is 717. The number of hydrogen-bond donors (Lipinski definition) is 1. The van der Waals surface area contributed by atoms with Crippen molar-refractivity contribution in [2.45, 2.75) is 17.7 Å². The van der Waals surface area contributed by atoms with Crippen LogP contribution in [-0.2, 0) is 10.0 Å². The summed E-state index contributed by atoms with van der Waals surface area (Å²) in [6, 6.07) is 8.76. The summed E-state index contributed by atoms with van der Waals surface area (Å²) in [5.41, 5.74) is 1.59. The Morgan fingerprint density at radius 1 is 1.19 bits per heavy atom. The van der Waals surface area contributed by atoms with Crippen LogP contribution in [0.25, 0.3) is 11.3 Å². The van der Waals surface area contributed by atoms with Gasteiger partial charge < -0.3 is 9.72 Å². The van der Waals surface area contributed by atoms with Crippen molar-refractivity contribution in [1.82, 2.24) is 9.29 Å². The van der Waals surface area contributed by atoms with Gasteiger partial charge in [0, 0.05) is 30.5 Å².